The van der Waals surface area contributed by atoms with E-state index in [1.54, 1.807) is 19.2 Å². The second-order valence-corrected chi connectivity index (χ2v) is 5.71. The zero-order valence-electron chi connectivity index (χ0n) is 11.8. The van der Waals surface area contributed by atoms with Crippen LogP contribution in [-0.2, 0) is 0 Å². The molecule has 2 atom stereocenters. The largest absolute Gasteiger partial charge is 0.387 e. The number of amides is 1. The molecule has 0 saturated heterocycles. The quantitative estimate of drug-likeness (QED) is 0.904. The van der Waals surface area contributed by atoms with Gasteiger partial charge in [0, 0.05) is 29.7 Å². The SMILES string of the molecule is CNc1ccc(Cl)cc1C(=O)NC1CC1c1ccccc1. The zero-order valence-corrected chi connectivity index (χ0v) is 12.5. The molecule has 1 saturated carbocycles. The van der Waals surface area contributed by atoms with E-state index < -0.39 is 0 Å². The summed E-state index contributed by atoms with van der Waals surface area (Å²) in [5, 5.41) is 6.67. The van der Waals surface area contributed by atoms with Crippen molar-refractivity contribution in [1.29, 1.82) is 0 Å². The van der Waals surface area contributed by atoms with Gasteiger partial charge in [0.2, 0.25) is 0 Å². The fraction of sp³-hybridized carbons (Fsp3) is 0.235. The summed E-state index contributed by atoms with van der Waals surface area (Å²) in [6, 6.07) is 15.8. The first kappa shape index (κ1) is 14.0. The van der Waals surface area contributed by atoms with E-state index in [0.29, 0.717) is 16.5 Å². The molecule has 0 heterocycles. The monoisotopic (exact) mass is 300 g/mol. The van der Waals surface area contributed by atoms with Crippen LogP contribution in [0.4, 0.5) is 5.69 Å². The molecule has 2 aromatic carbocycles. The van der Waals surface area contributed by atoms with Crippen molar-refractivity contribution >= 4 is 23.2 Å². The van der Waals surface area contributed by atoms with Gasteiger partial charge in [-0.15, -0.1) is 0 Å². The second kappa shape index (κ2) is 5.78. The highest BCUT2D eigenvalue weighted by molar-refractivity contribution is 6.31. The molecule has 4 heteroatoms. The van der Waals surface area contributed by atoms with E-state index in [1.807, 2.05) is 24.3 Å². The number of benzene rings is 2. The van der Waals surface area contributed by atoms with Crippen LogP contribution in [0.25, 0.3) is 0 Å². The lowest BCUT2D eigenvalue weighted by atomic mass is 10.1. The van der Waals surface area contributed by atoms with Crippen molar-refractivity contribution in [2.24, 2.45) is 0 Å². The van der Waals surface area contributed by atoms with Gasteiger partial charge < -0.3 is 10.6 Å². The highest BCUT2D eigenvalue weighted by atomic mass is 35.5. The minimum atomic E-state index is -0.0784. The highest BCUT2D eigenvalue weighted by Gasteiger charge is 2.39. The summed E-state index contributed by atoms with van der Waals surface area (Å²) in [7, 11) is 1.80. The summed E-state index contributed by atoms with van der Waals surface area (Å²) >= 11 is 5.99. The molecular weight excluding hydrogens is 284 g/mol. The summed E-state index contributed by atoms with van der Waals surface area (Å²) in [5.41, 5.74) is 2.65. The van der Waals surface area contributed by atoms with Crippen LogP contribution in [0.5, 0.6) is 0 Å². The third kappa shape index (κ3) is 3.03. The van der Waals surface area contributed by atoms with E-state index in [1.165, 1.54) is 5.56 Å². The summed E-state index contributed by atoms with van der Waals surface area (Å²) < 4.78 is 0. The van der Waals surface area contributed by atoms with E-state index in [-0.39, 0.29) is 11.9 Å². The Morgan fingerprint density at radius 2 is 1.95 bits per heavy atom. The molecular formula is C17H17ClN2O. The van der Waals surface area contributed by atoms with E-state index in [9.17, 15) is 4.79 Å². The summed E-state index contributed by atoms with van der Waals surface area (Å²) in [6.45, 7) is 0. The predicted molar refractivity (Wildman–Crippen MR) is 86.1 cm³/mol. The van der Waals surface area contributed by atoms with Gasteiger partial charge in [0.15, 0.2) is 0 Å². The Bertz CT molecular complexity index is 657. The average molecular weight is 301 g/mol. The van der Waals surface area contributed by atoms with Gasteiger partial charge in [-0.2, -0.15) is 0 Å². The molecule has 0 radical (unpaired) electrons. The number of halogens is 1. The summed E-state index contributed by atoms with van der Waals surface area (Å²) in [5.74, 6) is 0.345. The number of rotatable bonds is 4. The third-order valence-corrected chi connectivity index (χ3v) is 4.07. The maximum atomic E-state index is 12.4. The van der Waals surface area contributed by atoms with Crippen molar-refractivity contribution in [3.8, 4) is 0 Å². The molecule has 3 nitrogen and oxygen atoms in total. The molecule has 2 N–H and O–H groups in total. The Hall–Kier alpha value is -2.00. The molecule has 1 aliphatic rings. The van der Waals surface area contributed by atoms with Crippen LogP contribution in [0.2, 0.25) is 5.02 Å². The smallest absolute Gasteiger partial charge is 0.253 e. The molecule has 1 fully saturated rings. The van der Waals surface area contributed by atoms with Gasteiger partial charge >= 0.3 is 0 Å². The number of anilines is 1. The molecule has 21 heavy (non-hydrogen) atoms. The van der Waals surface area contributed by atoms with Gasteiger partial charge in [-0.25, -0.2) is 0 Å². The Kier molecular flexibility index (Phi) is 3.84. The molecule has 108 valence electrons. The molecule has 2 unspecified atom stereocenters. The minimum Gasteiger partial charge on any atom is -0.387 e. The van der Waals surface area contributed by atoms with Gasteiger partial charge in [-0.05, 0) is 30.2 Å². The molecule has 0 aliphatic heterocycles. The van der Waals surface area contributed by atoms with Gasteiger partial charge in [0.05, 0.1) is 5.56 Å². The fourth-order valence-electron chi connectivity index (χ4n) is 2.59. The van der Waals surface area contributed by atoms with Gasteiger partial charge in [0.1, 0.15) is 0 Å². The maximum Gasteiger partial charge on any atom is 0.253 e. The van der Waals surface area contributed by atoms with Crippen molar-refractivity contribution < 1.29 is 4.79 Å². The molecule has 2 aromatic rings. The molecule has 3 rings (SSSR count). The molecule has 0 aromatic heterocycles. The molecule has 0 bridgehead atoms. The van der Waals surface area contributed by atoms with E-state index in [4.69, 9.17) is 11.6 Å². The molecule has 1 aliphatic carbocycles. The van der Waals surface area contributed by atoms with Crippen LogP contribution in [0, 0.1) is 0 Å². The number of hydrogen-bond acceptors (Lipinski definition) is 2. The summed E-state index contributed by atoms with van der Waals surface area (Å²) in [6.07, 6.45) is 0.991. The predicted octanol–water partition coefficient (Wildman–Crippen LogP) is 3.67. The van der Waals surface area contributed by atoms with E-state index in [0.717, 1.165) is 12.1 Å². The lowest BCUT2D eigenvalue weighted by Gasteiger charge is -2.10. The average Bonchev–Trinajstić information content (AvgIpc) is 3.27. The third-order valence-electron chi connectivity index (χ3n) is 3.83. The van der Waals surface area contributed by atoms with Crippen molar-refractivity contribution in [2.75, 3.05) is 12.4 Å². The standard InChI is InChI=1S/C17H17ClN2O/c1-19-15-8-7-12(18)9-14(15)17(21)20-16-10-13(16)11-5-3-2-4-6-11/h2-9,13,16,19H,10H2,1H3,(H,20,21). The lowest BCUT2D eigenvalue weighted by molar-refractivity contribution is 0.0951. The minimum absolute atomic E-state index is 0.0784. The van der Waals surface area contributed by atoms with E-state index in [2.05, 4.69) is 22.8 Å². The van der Waals surface area contributed by atoms with Crippen LogP contribution in [0.1, 0.15) is 28.3 Å². The van der Waals surface area contributed by atoms with Crippen molar-refractivity contribution in [1.82, 2.24) is 5.32 Å². The normalized spacial score (nSPS) is 19.9. The van der Waals surface area contributed by atoms with E-state index >= 15 is 0 Å². The number of hydrogen-bond donors (Lipinski definition) is 2. The Morgan fingerprint density at radius 3 is 2.67 bits per heavy atom. The first-order chi connectivity index (χ1) is 10.2. The molecule has 0 spiro atoms. The van der Waals surface area contributed by atoms with Crippen molar-refractivity contribution in [3.05, 3.63) is 64.7 Å². The zero-order chi connectivity index (χ0) is 14.8. The van der Waals surface area contributed by atoms with Gasteiger partial charge in [-0.3, -0.25) is 4.79 Å². The topological polar surface area (TPSA) is 41.1 Å². The van der Waals surface area contributed by atoms with Crippen molar-refractivity contribution in [3.63, 3.8) is 0 Å². The highest BCUT2D eigenvalue weighted by Crippen LogP contribution is 2.40. The Morgan fingerprint density at radius 1 is 1.19 bits per heavy atom. The molecule has 1 amide bonds. The van der Waals surface area contributed by atoms with Crippen LogP contribution in [-0.4, -0.2) is 19.0 Å². The Labute approximate surface area is 129 Å². The summed E-state index contributed by atoms with van der Waals surface area (Å²) in [4.78, 5) is 12.4. The van der Waals surface area contributed by atoms with Crippen LogP contribution >= 0.6 is 11.6 Å². The van der Waals surface area contributed by atoms with Gasteiger partial charge in [0.25, 0.3) is 5.91 Å². The second-order valence-electron chi connectivity index (χ2n) is 5.27. The van der Waals surface area contributed by atoms with Crippen LogP contribution < -0.4 is 10.6 Å². The lowest BCUT2D eigenvalue weighted by Crippen LogP contribution is -2.27. The number of carbonyl (C=O) groups is 1. The Balaban J connectivity index is 1.70. The first-order valence-electron chi connectivity index (χ1n) is 7.02. The fourth-order valence-corrected chi connectivity index (χ4v) is 2.76. The van der Waals surface area contributed by atoms with Crippen LogP contribution in [0.15, 0.2) is 48.5 Å². The maximum absolute atomic E-state index is 12.4. The van der Waals surface area contributed by atoms with Crippen molar-refractivity contribution in [2.45, 2.75) is 18.4 Å². The first-order valence-corrected chi connectivity index (χ1v) is 7.40. The number of carbonyl (C=O) groups excluding carboxylic acids is 1. The van der Waals surface area contributed by atoms with Gasteiger partial charge in [-0.1, -0.05) is 41.9 Å². The number of nitrogens with one attached hydrogen (secondary N) is 2. The van der Waals surface area contributed by atoms with Crippen LogP contribution in [0.3, 0.4) is 0 Å².